The molecule has 1 aromatic rings. The summed E-state index contributed by atoms with van der Waals surface area (Å²) in [6.07, 6.45) is 3.19. The second-order valence-corrected chi connectivity index (χ2v) is 5.51. The predicted octanol–water partition coefficient (Wildman–Crippen LogP) is 2.65. The van der Waals surface area contributed by atoms with Crippen molar-refractivity contribution in [2.45, 2.75) is 37.8 Å². The van der Waals surface area contributed by atoms with Gasteiger partial charge in [-0.15, -0.1) is 0 Å². The Kier molecular flexibility index (Phi) is 2.33. The Balaban J connectivity index is 1.92. The summed E-state index contributed by atoms with van der Waals surface area (Å²) in [5.74, 6) is 2.55. The molecular formula is C14H19NO2. The van der Waals surface area contributed by atoms with Crippen molar-refractivity contribution in [1.29, 1.82) is 0 Å². The van der Waals surface area contributed by atoms with E-state index in [1.165, 1.54) is 0 Å². The van der Waals surface area contributed by atoms with Crippen molar-refractivity contribution in [2.75, 3.05) is 7.11 Å². The molecule has 0 bridgehead atoms. The van der Waals surface area contributed by atoms with Crippen LogP contribution in [0.15, 0.2) is 18.2 Å². The first-order chi connectivity index (χ1) is 8.12. The van der Waals surface area contributed by atoms with Gasteiger partial charge in [0.25, 0.3) is 0 Å². The minimum atomic E-state index is 0.0143. The standard InChI is InChI=1S/C14H19NO2/c1-9-6-14(7-9)8-12(15)11-5-10(16-2)3-4-13(11)17-14/h3-5,9,12H,6-8,15H2,1-2H3. The molecule has 2 N–H and O–H groups in total. The molecule has 17 heavy (non-hydrogen) atoms. The van der Waals surface area contributed by atoms with E-state index in [2.05, 4.69) is 6.92 Å². The van der Waals surface area contributed by atoms with E-state index < -0.39 is 0 Å². The van der Waals surface area contributed by atoms with Crippen LogP contribution < -0.4 is 15.2 Å². The maximum atomic E-state index is 6.26. The van der Waals surface area contributed by atoms with E-state index in [9.17, 15) is 0 Å². The van der Waals surface area contributed by atoms with Crippen molar-refractivity contribution in [3.8, 4) is 11.5 Å². The summed E-state index contributed by atoms with van der Waals surface area (Å²) in [6.45, 7) is 2.27. The number of ether oxygens (including phenoxy) is 2. The Bertz CT molecular complexity index is 438. The van der Waals surface area contributed by atoms with E-state index in [1.807, 2.05) is 18.2 Å². The summed E-state index contributed by atoms with van der Waals surface area (Å²) in [4.78, 5) is 0. The summed E-state index contributed by atoms with van der Waals surface area (Å²) in [5, 5.41) is 0. The Labute approximate surface area is 102 Å². The molecule has 1 aliphatic carbocycles. The normalized spacial score (nSPS) is 34.8. The molecule has 1 heterocycles. The maximum Gasteiger partial charge on any atom is 0.125 e. The average Bonchev–Trinajstić information content (AvgIpc) is 2.27. The van der Waals surface area contributed by atoms with Crippen LogP contribution in [-0.2, 0) is 0 Å². The van der Waals surface area contributed by atoms with Crippen LogP contribution in [0.3, 0.4) is 0 Å². The predicted molar refractivity (Wildman–Crippen MR) is 66.3 cm³/mol. The topological polar surface area (TPSA) is 44.5 Å². The van der Waals surface area contributed by atoms with Crippen LogP contribution in [0.4, 0.5) is 0 Å². The Morgan fingerprint density at radius 2 is 2.12 bits per heavy atom. The molecule has 1 aromatic carbocycles. The summed E-state index contributed by atoms with van der Waals surface area (Å²) < 4.78 is 11.4. The molecule has 1 fully saturated rings. The van der Waals surface area contributed by atoms with Crippen LogP contribution in [0.5, 0.6) is 11.5 Å². The third-order valence-corrected chi connectivity index (χ3v) is 3.98. The Hall–Kier alpha value is -1.22. The lowest BCUT2D eigenvalue weighted by Crippen LogP contribution is -2.52. The lowest BCUT2D eigenvalue weighted by atomic mass is 9.67. The van der Waals surface area contributed by atoms with Gasteiger partial charge in [0.2, 0.25) is 0 Å². The van der Waals surface area contributed by atoms with Crippen molar-refractivity contribution in [2.24, 2.45) is 11.7 Å². The molecule has 1 spiro atoms. The fraction of sp³-hybridized carbons (Fsp3) is 0.571. The summed E-state index contributed by atoms with van der Waals surface area (Å²) in [5.41, 5.74) is 7.36. The number of hydrogen-bond acceptors (Lipinski definition) is 3. The molecular weight excluding hydrogens is 214 g/mol. The van der Waals surface area contributed by atoms with Crippen molar-refractivity contribution in [3.63, 3.8) is 0 Å². The average molecular weight is 233 g/mol. The fourth-order valence-electron chi connectivity index (χ4n) is 3.28. The SMILES string of the molecule is COc1ccc2c(c1)C(N)CC1(CC(C)C1)O2. The highest BCUT2D eigenvalue weighted by atomic mass is 16.5. The molecule has 0 aromatic heterocycles. The molecule has 2 aliphatic rings. The quantitative estimate of drug-likeness (QED) is 0.811. The molecule has 1 atom stereocenters. The molecule has 0 saturated heterocycles. The van der Waals surface area contributed by atoms with E-state index in [4.69, 9.17) is 15.2 Å². The summed E-state index contributed by atoms with van der Waals surface area (Å²) in [6, 6.07) is 5.99. The Morgan fingerprint density at radius 3 is 2.76 bits per heavy atom. The van der Waals surface area contributed by atoms with Gasteiger partial charge in [-0.3, -0.25) is 0 Å². The monoisotopic (exact) mass is 233 g/mol. The minimum Gasteiger partial charge on any atom is -0.497 e. The third kappa shape index (κ3) is 1.69. The number of nitrogens with two attached hydrogens (primary N) is 1. The molecule has 3 heteroatoms. The van der Waals surface area contributed by atoms with Crippen LogP contribution in [0.25, 0.3) is 0 Å². The molecule has 3 rings (SSSR count). The van der Waals surface area contributed by atoms with Gasteiger partial charge in [0, 0.05) is 18.0 Å². The van der Waals surface area contributed by atoms with Gasteiger partial charge in [0.15, 0.2) is 0 Å². The number of fused-ring (bicyclic) bond motifs is 1. The van der Waals surface area contributed by atoms with Crippen molar-refractivity contribution in [1.82, 2.24) is 0 Å². The van der Waals surface area contributed by atoms with E-state index in [0.717, 1.165) is 42.2 Å². The minimum absolute atomic E-state index is 0.0143. The lowest BCUT2D eigenvalue weighted by molar-refractivity contribution is -0.0658. The smallest absolute Gasteiger partial charge is 0.125 e. The van der Waals surface area contributed by atoms with E-state index in [1.54, 1.807) is 7.11 Å². The van der Waals surface area contributed by atoms with E-state index >= 15 is 0 Å². The van der Waals surface area contributed by atoms with Gasteiger partial charge in [-0.2, -0.15) is 0 Å². The molecule has 1 aliphatic heterocycles. The third-order valence-electron chi connectivity index (χ3n) is 3.98. The van der Waals surface area contributed by atoms with Gasteiger partial charge in [-0.1, -0.05) is 6.92 Å². The van der Waals surface area contributed by atoms with Gasteiger partial charge in [0.1, 0.15) is 17.1 Å². The molecule has 0 amide bonds. The van der Waals surface area contributed by atoms with Crippen molar-refractivity contribution < 1.29 is 9.47 Å². The second kappa shape index (κ2) is 3.64. The zero-order valence-electron chi connectivity index (χ0n) is 10.4. The van der Waals surface area contributed by atoms with Gasteiger partial charge in [-0.05, 0) is 37.0 Å². The van der Waals surface area contributed by atoms with Crippen molar-refractivity contribution >= 4 is 0 Å². The van der Waals surface area contributed by atoms with Gasteiger partial charge in [0.05, 0.1) is 7.11 Å². The second-order valence-electron chi connectivity index (χ2n) is 5.51. The Morgan fingerprint density at radius 1 is 1.35 bits per heavy atom. The lowest BCUT2D eigenvalue weighted by Gasteiger charge is -2.50. The highest BCUT2D eigenvalue weighted by Gasteiger charge is 2.48. The van der Waals surface area contributed by atoms with Gasteiger partial charge < -0.3 is 15.2 Å². The molecule has 92 valence electrons. The number of rotatable bonds is 1. The van der Waals surface area contributed by atoms with Crippen molar-refractivity contribution in [3.05, 3.63) is 23.8 Å². The molecule has 0 radical (unpaired) electrons. The highest BCUT2D eigenvalue weighted by Crippen LogP contribution is 2.50. The maximum absolute atomic E-state index is 6.26. The molecule has 1 unspecified atom stereocenters. The zero-order valence-corrected chi connectivity index (χ0v) is 10.4. The first-order valence-corrected chi connectivity index (χ1v) is 6.24. The number of hydrogen-bond donors (Lipinski definition) is 1. The molecule has 1 saturated carbocycles. The van der Waals surface area contributed by atoms with Crippen LogP contribution in [-0.4, -0.2) is 12.7 Å². The van der Waals surface area contributed by atoms with Crippen LogP contribution in [0.1, 0.15) is 37.8 Å². The zero-order chi connectivity index (χ0) is 12.0. The van der Waals surface area contributed by atoms with Gasteiger partial charge in [-0.25, -0.2) is 0 Å². The highest BCUT2D eigenvalue weighted by molar-refractivity contribution is 5.44. The summed E-state index contributed by atoms with van der Waals surface area (Å²) in [7, 11) is 1.67. The first kappa shape index (κ1) is 10.9. The number of benzene rings is 1. The molecule has 3 nitrogen and oxygen atoms in total. The van der Waals surface area contributed by atoms with Gasteiger partial charge >= 0.3 is 0 Å². The van der Waals surface area contributed by atoms with Crippen LogP contribution in [0, 0.1) is 5.92 Å². The van der Waals surface area contributed by atoms with E-state index in [-0.39, 0.29) is 11.6 Å². The fourth-order valence-corrected chi connectivity index (χ4v) is 3.28. The number of methoxy groups -OCH3 is 1. The van der Waals surface area contributed by atoms with Crippen LogP contribution in [0.2, 0.25) is 0 Å². The largest absolute Gasteiger partial charge is 0.497 e. The van der Waals surface area contributed by atoms with E-state index in [0.29, 0.717) is 0 Å². The summed E-state index contributed by atoms with van der Waals surface area (Å²) >= 11 is 0. The van der Waals surface area contributed by atoms with Crippen LogP contribution >= 0.6 is 0 Å². The first-order valence-electron chi connectivity index (χ1n) is 6.24.